The van der Waals surface area contributed by atoms with Gasteiger partial charge in [0.05, 0.1) is 18.8 Å². The SMILES string of the molecule is O=C(c1cccc(Cl)c1)N1CCOC2CCCC21. The third-order valence-electron chi connectivity index (χ3n) is 3.81. The van der Waals surface area contributed by atoms with Crippen LogP contribution >= 0.6 is 11.6 Å². The Morgan fingerprint density at radius 3 is 3.11 bits per heavy atom. The van der Waals surface area contributed by atoms with Crippen molar-refractivity contribution < 1.29 is 9.53 Å². The first-order valence-corrected chi connectivity index (χ1v) is 6.81. The molecule has 0 aromatic heterocycles. The fourth-order valence-electron chi connectivity index (χ4n) is 2.97. The molecular formula is C14H16ClNO2. The fraction of sp³-hybridized carbons (Fsp3) is 0.500. The number of fused-ring (bicyclic) bond motifs is 1. The molecule has 1 aliphatic carbocycles. The number of carbonyl (C=O) groups is 1. The van der Waals surface area contributed by atoms with Gasteiger partial charge in [-0.25, -0.2) is 0 Å². The zero-order valence-corrected chi connectivity index (χ0v) is 10.9. The molecule has 96 valence electrons. The van der Waals surface area contributed by atoms with E-state index in [0.717, 1.165) is 19.3 Å². The molecule has 1 saturated carbocycles. The molecule has 2 atom stereocenters. The highest BCUT2D eigenvalue weighted by atomic mass is 35.5. The van der Waals surface area contributed by atoms with Crippen molar-refractivity contribution in [2.45, 2.75) is 31.4 Å². The predicted octanol–water partition coefficient (Wildman–Crippen LogP) is 2.73. The summed E-state index contributed by atoms with van der Waals surface area (Å²) in [5, 5.41) is 0.608. The number of hydrogen-bond acceptors (Lipinski definition) is 2. The first-order chi connectivity index (χ1) is 8.75. The summed E-state index contributed by atoms with van der Waals surface area (Å²) in [4.78, 5) is 14.5. The number of rotatable bonds is 1. The number of hydrogen-bond donors (Lipinski definition) is 0. The van der Waals surface area contributed by atoms with Crippen LogP contribution in [0.4, 0.5) is 0 Å². The topological polar surface area (TPSA) is 29.5 Å². The van der Waals surface area contributed by atoms with Crippen LogP contribution in [0.5, 0.6) is 0 Å². The van der Waals surface area contributed by atoms with Crippen LogP contribution in [0.2, 0.25) is 5.02 Å². The van der Waals surface area contributed by atoms with Crippen LogP contribution in [0, 0.1) is 0 Å². The molecule has 0 bridgehead atoms. The van der Waals surface area contributed by atoms with Crippen molar-refractivity contribution in [3.05, 3.63) is 34.9 Å². The molecule has 1 aromatic carbocycles. The smallest absolute Gasteiger partial charge is 0.254 e. The van der Waals surface area contributed by atoms with Gasteiger partial charge in [-0.1, -0.05) is 17.7 Å². The summed E-state index contributed by atoms with van der Waals surface area (Å²) in [5.41, 5.74) is 0.676. The lowest BCUT2D eigenvalue weighted by molar-refractivity contribution is -0.0445. The largest absolute Gasteiger partial charge is 0.374 e. The number of halogens is 1. The number of carbonyl (C=O) groups excluding carboxylic acids is 1. The van der Waals surface area contributed by atoms with E-state index in [2.05, 4.69) is 0 Å². The Balaban J connectivity index is 1.83. The lowest BCUT2D eigenvalue weighted by atomic mass is 10.1. The summed E-state index contributed by atoms with van der Waals surface area (Å²) in [6, 6.07) is 7.43. The average Bonchev–Trinajstić information content (AvgIpc) is 2.86. The summed E-state index contributed by atoms with van der Waals surface area (Å²) in [5.74, 6) is 0.0812. The molecule has 1 heterocycles. The van der Waals surface area contributed by atoms with E-state index in [0.29, 0.717) is 23.7 Å². The molecule has 0 spiro atoms. The van der Waals surface area contributed by atoms with E-state index < -0.39 is 0 Å². The second kappa shape index (κ2) is 4.90. The Kier molecular flexibility index (Phi) is 3.27. The Bertz CT molecular complexity index is 463. The third-order valence-corrected chi connectivity index (χ3v) is 4.05. The van der Waals surface area contributed by atoms with E-state index >= 15 is 0 Å². The van der Waals surface area contributed by atoms with Gasteiger partial charge < -0.3 is 9.64 Å². The van der Waals surface area contributed by atoms with Crippen LogP contribution in [-0.4, -0.2) is 36.1 Å². The molecule has 2 unspecified atom stereocenters. The molecule has 3 nitrogen and oxygen atoms in total. The number of nitrogens with zero attached hydrogens (tertiary/aromatic N) is 1. The lowest BCUT2D eigenvalue weighted by Gasteiger charge is -2.37. The maximum absolute atomic E-state index is 12.5. The number of amides is 1. The van der Waals surface area contributed by atoms with Gasteiger partial charge in [0, 0.05) is 17.1 Å². The maximum atomic E-state index is 12.5. The van der Waals surface area contributed by atoms with Gasteiger partial charge in [-0.05, 0) is 37.5 Å². The fourth-order valence-corrected chi connectivity index (χ4v) is 3.16. The molecule has 1 saturated heterocycles. The standard InChI is InChI=1S/C14H16ClNO2/c15-11-4-1-3-10(9-11)14(17)16-7-8-18-13-6-2-5-12(13)16/h1,3-4,9,12-13H,2,5-8H2. The van der Waals surface area contributed by atoms with E-state index in [4.69, 9.17) is 16.3 Å². The van der Waals surface area contributed by atoms with Crippen molar-refractivity contribution in [2.24, 2.45) is 0 Å². The molecule has 1 amide bonds. The van der Waals surface area contributed by atoms with Gasteiger partial charge in [0.2, 0.25) is 0 Å². The van der Waals surface area contributed by atoms with Crippen molar-refractivity contribution in [3.63, 3.8) is 0 Å². The van der Waals surface area contributed by atoms with Gasteiger partial charge in [0.1, 0.15) is 0 Å². The third kappa shape index (κ3) is 2.13. The van der Waals surface area contributed by atoms with Gasteiger partial charge in [-0.15, -0.1) is 0 Å². The van der Waals surface area contributed by atoms with E-state index in [-0.39, 0.29) is 18.1 Å². The monoisotopic (exact) mass is 265 g/mol. The minimum absolute atomic E-state index is 0.0812. The Hall–Kier alpha value is -1.06. The first-order valence-electron chi connectivity index (χ1n) is 6.44. The van der Waals surface area contributed by atoms with Gasteiger partial charge >= 0.3 is 0 Å². The molecular weight excluding hydrogens is 250 g/mol. The number of morpholine rings is 1. The maximum Gasteiger partial charge on any atom is 0.254 e. The minimum Gasteiger partial charge on any atom is -0.374 e. The van der Waals surface area contributed by atoms with Crippen LogP contribution in [0.15, 0.2) is 24.3 Å². The average molecular weight is 266 g/mol. The highest BCUT2D eigenvalue weighted by molar-refractivity contribution is 6.30. The van der Waals surface area contributed by atoms with E-state index in [1.165, 1.54) is 0 Å². The van der Waals surface area contributed by atoms with Crippen molar-refractivity contribution in [1.29, 1.82) is 0 Å². The molecule has 2 fully saturated rings. The van der Waals surface area contributed by atoms with Crippen molar-refractivity contribution in [3.8, 4) is 0 Å². The Morgan fingerprint density at radius 2 is 2.28 bits per heavy atom. The van der Waals surface area contributed by atoms with E-state index in [1.54, 1.807) is 12.1 Å². The second-order valence-corrected chi connectivity index (χ2v) is 5.35. The highest BCUT2D eigenvalue weighted by Crippen LogP contribution is 2.30. The Labute approximate surface area is 112 Å². The molecule has 4 heteroatoms. The van der Waals surface area contributed by atoms with Crippen LogP contribution in [0.25, 0.3) is 0 Å². The molecule has 3 rings (SSSR count). The molecule has 1 aromatic rings. The lowest BCUT2D eigenvalue weighted by Crippen LogP contribution is -2.51. The molecule has 2 aliphatic rings. The molecule has 1 aliphatic heterocycles. The molecule has 0 radical (unpaired) electrons. The molecule has 0 N–H and O–H groups in total. The summed E-state index contributed by atoms with van der Waals surface area (Å²) in [7, 11) is 0. The normalized spacial score (nSPS) is 27.1. The quantitative estimate of drug-likeness (QED) is 0.781. The van der Waals surface area contributed by atoms with E-state index in [9.17, 15) is 4.79 Å². The van der Waals surface area contributed by atoms with Crippen molar-refractivity contribution >= 4 is 17.5 Å². The van der Waals surface area contributed by atoms with Crippen molar-refractivity contribution in [1.82, 2.24) is 4.90 Å². The summed E-state index contributed by atoms with van der Waals surface area (Å²) >= 11 is 5.94. The van der Waals surface area contributed by atoms with E-state index in [1.807, 2.05) is 17.0 Å². The van der Waals surface area contributed by atoms with Crippen molar-refractivity contribution in [2.75, 3.05) is 13.2 Å². The Morgan fingerprint density at radius 1 is 1.39 bits per heavy atom. The van der Waals surface area contributed by atoms with Crippen LogP contribution in [0.3, 0.4) is 0 Å². The summed E-state index contributed by atoms with van der Waals surface area (Å²) in [6.07, 6.45) is 3.51. The highest BCUT2D eigenvalue weighted by Gasteiger charge is 2.38. The van der Waals surface area contributed by atoms with Gasteiger partial charge in [0.15, 0.2) is 0 Å². The minimum atomic E-state index is 0.0812. The zero-order valence-electron chi connectivity index (χ0n) is 10.1. The van der Waals surface area contributed by atoms with Gasteiger partial charge in [-0.3, -0.25) is 4.79 Å². The number of benzene rings is 1. The zero-order chi connectivity index (χ0) is 12.5. The predicted molar refractivity (Wildman–Crippen MR) is 69.9 cm³/mol. The molecule has 18 heavy (non-hydrogen) atoms. The van der Waals surface area contributed by atoms with Crippen LogP contribution < -0.4 is 0 Å². The summed E-state index contributed by atoms with van der Waals surface area (Å²) in [6.45, 7) is 1.33. The number of ether oxygens (including phenoxy) is 1. The van der Waals surface area contributed by atoms with Gasteiger partial charge in [0.25, 0.3) is 5.91 Å². The van der Waals surface area contributed by atoms with Crippen LogP contribution in [-0.2, 0) is 4.74 Å². The van der Waals surface area contributed by atoms with Gasteiger partial charge in [-0.2, -0.15) is 0 Å². The first kappa shape index (κ1) is 12.0. The van der Waals surface area contributed by atoms with Crippen LogP contribution in [0.1, 0.15) is 29.6 Å². The summed E-state index contributed by atoms with van der Waals surface area (Å²) < 4.78 is 5.72. The second-order valence-electron chi connectivity index (χ2n) is 4.92.